The number of amides is 2. The molecule has 4 rings (SSSR count). The summed E-state index contributed by atoms with van der Waals surface area (Å²) in [5.41, 5.74) is 0.806. The van der Waals surface area contributed by atoms with Crippen molar-refractivity contribution in [3.63, 3.8) is 0 Å². The van der Waals surface area contributed by atoms with E-state index in [2.05, 4.69) is 5.32 Å². The van der Waals surface area contributed by atoms with Gasteiger partial charge in [-0.05, 0) is 30.5 Å². The van der Waals surface area contributed by atoms with Crippen LogP contribution in [0.2, 0.25) is 0 Å². The first kappa shape index (κ1) is 19.9. The minimum Gasteiger partial charge on any atom is -0.477 e. The molecule has 0 radical (unpaired) electrons. The molecule has 156 valence electrons. The molecule has 1 aliphatic heterocycles. The van der Waals surface area contributed by atoms with E-state index in [0.717, 1.165) is 12.0 Å². The summed E-state index contributed by atoms with van der Waals surface area (Å²) in [5, 5.41) is 2.54. The standard InChI is InChI=1S/C23H24N2O5/c1-24-21(27)19-14-25(17-10-5-6-11-18(17)30-19)20(26)15-29-22(28)23(12-7-13-23)16-8-3-2-4-9-16/h2-6,8-11,19H,7,12-15H2,1H3,(H,24,27). The van der Waals surface area contributed by atoms with Crippen molar-refractivity contribution in [1.82, 2.24) is 5.32 Å². The average Bonchev–Trinajstić information content (AvgIpc) is 2.76. The van der Waals surface area contributed by atoms with Gasteiger partial charge in [-0.15, -0.1) is 0 Å². The third kappa shape index (κ3) is 3.51. The second kappa shape index (κ2) is 8.18. The molecule has 2 amide bonds. The molecule has 2 aliphatic rings. The summed E-state index contributed by atoms with van der Waals surface area (Å²) in [5.74, 6) is -0.651. The first-order valence-corrected chi connectivity index (χ1v) is 10.1. The Balaban J connectivity index is 1.48. The van der Waals surface area contributed by atoms with Crippen LogP contribution in [0.15, 0.2) is 54.6 Å². The number of nitrogens with one attached hydrogen (secondary N) is 1. The predicted octanol–water partition coefficient (Wildman–Crippen LogP) is 2.19. The molecule has 1 unspecified atom stereocenters. The number of hydrogen-bond acceptors (Lipinski definition) is 5. The lowest BCUT2D eigenvalue weighted by Gasteiger charge is -2.40. The van der Waals surface area contributed by atoms with E-state index >= 15 is 0 Å². The zero-order valence-corrected chi connectivity index (χ0v) is 16.8. The van der Waals surface area contributed by atoms with E-state index in [9.17, 15) is 14.4 Å². The normalized spacial score (nSPS) is 19.0. The lowest BCUT2D eigenvalue weighted by molar-refractivity contribution is -0.157. The SMILES string of the molecule is CNC(=O)C1CN(C(=O)COC(=O)C2(c3ccccc3)CCC2)c2ccccc2O1. The Kier molecular flexibility index (Phi) is 5.44. The first-order valence-electron chi connectivity index (χ1n) is 10.1. The highest BCUT2D eigenvalue weighted by Crippen LogP contribution is 2.44. The number of carbonyl (C=O) groups is 3. The van der Waals surface area contributed by atoms with Gasteiger partial charge in [-0.2, -0.15) is 0 Å². The molecule has 30 heavy (non-hydrogen) atoms. The zero-order valence-electron chi connectivity index (χ0n) is 16.8. The average molecular weight is 408 g/mol. The Morgan fingerprint density at radius 2 is 1.80 bits per heavy atom. The van der Waals surface area contributed by atoms with Gasteiger partial charge >= 0.3 is 5.97 Å². The number of carbonyl (C=O) groups excluding carboxylic acids is 3. The summed E-state index contributed by atoms with van der Waals surface area (Å²) < 4.78 is 11.2. The van der Waals surface area contributed by atoms with Crippen LogP contribution >= 0.6 is 0 Å². The molecule has 2 aromatic carbocycles. The van der Waals surface area contributed by atoms with Gasteiger partial charge in [0.25, 0.3) is 11.8 Å². The van der Waals surface area contributed by atoms with Gasteiger partial charge in [0, 0.05) is 7.05 Å². The van der Waals surface area contributed by atoms with Crippen LogP contribution in [0.25, 0.3) is 0 Å². The number of ether oxygens (including phenoxy) is 2. The molecular weight excluding hydrogens is 384 g/mol. The molecule has 1 atom stereocenters. The minimum absolute atomic E-state index is 0.0525. The summed E-state index contributed by atoms with van der Waals surface area (Å²) in [7, 11) is 1.52. The topological polar surface area (TPSA) is 84.9 Å². The molecule has 1 N–H and O–H groups in total. The zero-order chi connectivity index (χ0) is 21.1. The van der Waals surface area contributed by atoms with E-state index in [1.165, 1.54) is 11.9 Å². The summed E-state index contributed by atoms with van der Waals surface area (Å²) >= 11 is 0. The number of rotatable bonds is 5. The molecule has 1 saturated carbocycles. The first-order chi connectivity index (χ1) is 14.5. The van der Waals surface area contributed by atoms with Crippen molar-refractivity contribution in [3.8, 4) is 5.75 Å². The Bertz CT molecular complexity index is 955. The third-order valence-electron chi connectivity index (χ3n) is 5.86. The summed E-state index contributed by atoms with van der Waals surface area (Å²) in [6, 6.07) is 16.6. The molecule has 7 nitrogen and oxygen atoms in total. The van der Waals surface area contributed by atoms with Gasteiger partial charge in [-0.3, -0.25) is 14.4 Å². The van der Waals surface area contributed by atoms with Gasteiger partial charge in [0.2, 0.25) is 0 Å². The fourth-order valence-corrected chi connectivity index (χ4v) is 4.01. The van der Waals surface area contributed by atoms with E-state index in [-0.39, 0.29) is 25.0 Å². The Morgan fingerprint density at radius 1 is 1.10 bits per heavy atom. The van der Waals surface area contributed by atoms with Crippen molar-refractivity contribution >= 4 is 23.5 Å². The summed E-state index contributed by atoms with van der Waals surface area (Å²) in [6.07, 6.45) is 1.54. The molecular formula is C23H24N2O5. The van der Waals surface area contributed by atoms with Crippen molar-refractivity contribution in [2.75, 3.05) is 25.1 Å². The Morgan fingerprint density at radius 3 is 2.47 bits per heavy atom. The van der Waals surface area contributed by atoms with E-state index in [1.54, 1.807) is 24.3 Å². The van der Waals surface area contributed by atoms with Gasteiger partial charge in [-0.25, -0.2) is 0 Å². The monoisotopic (exact) mass is 408 g/mol. The molecule has 0 saturated heterocycles. The highest BCUT2D eigenvalue weighted by Gasteiger charge is 2.47. The van der Waals surface area contributed by atoms with Crippen molar-refractivity contribution < 1.29 is 23.9 Å². The number of fused-ring (bicyclic) bond motifs is 1. The fourth-order valence-electron chi connectivity index (χ4n) is 4.01. The maximum Gasteiger partial charge on any atom is 0.317 e. The van der Waals surface area contributed by atoms with Crippen LogP contribution < -0.4 is 15.0 Å². The molecule has 0 bridgehead atoms. The second-order valence-corrected chi connectivity index (χ2v) is 7.57. The van der Waals surface area contributed by atoms with Crippen LogP contribution in [0.5, 0.6) is 5.75 Å². The van der Waals surface area contributed by atoms with Crippen LogP contribution in [0, 0.1) is 0 Å². The number of para-hydroxylation sites is 2. The van der Waals surface area contributed by atoms with Gasteiger partial charge < -0.3 is 19.7 Å². The Labute approximate surface area is 175 Å². The second-order valence-electron chi connectivity index (χ2n) is 7.57. The van der Waals surface area contributed by atoms with Crippen molar-refractivity contribution in [2.45, 2.75) is 30.8 Å². The van der Waals surface area contributed by atoms with E-state index in [1.807, 2.05) is 30.3 Å². The number of hydrogen-bond donors (Lipinski definition) is 1. The number of anilines is 1. The van der Waals surface area contributed by atoms with Crippen molar-refractivity contribution in [3.05, 3.63) is 60.2 Å². The molecule has 0 aromatic heterocycles. The van der Waals surface area contributed by atoms with Gasteiger partial charge in [0.15, 0.2) is 12.7 Å². The van der Waals surface area contributed by atoms with Gasteiger partial charge in [0.1, 0.15) is 5.75 Å². The van der Waals surface area contributed by atoms with E-state index in [4.69, 9.17) is 9.47 Å². The summed E-state index contributed by atoms with van der Waals surface area (Å²) in [6.45, 7) is -0.334. The third-order valence-corrected chi connectivity index (χ3v) is 5.86. The quantitative estimate of drug-likeness (QED) is 0.767. The maximum atomic E-state index is 13.0. The van der Waals surface area contributed by atoms with Crippen LogP contribution in [0.1, 0.15) is 24.8 Å². The molecule has 1 aliphatic carbocycles. The lowest BCUT2D eigenvalue weighted by atomic mass is 9.64. The molecule has 0 spiro atoms. The van der Waals surface area contributed by atoms with Crippen molar-refractivity contribution in [1.29, 1.82) is 0 Å². The van der Waals surface area contributed by atoms with Crippen LogP contribution in [0.4, 0.5) is 5.69 Å². The van der Waals surface area contributed by atoms with Crippen LogP contribution in [-0.4, -0.2) is 44.1 Å². The van der Waals surface area contributed by atoms with Crippen LogP contribution in [0.3, 0.4) is 0 Å². The minimum atomic E-state index is -0.827. The van der Waals surface area contributed by atoms with E-state index in [0.29, 0.717) is 24.3 Å². The lowest BCUT2D eigenvalue weighted by Crippen LogP contribution is -2.51. The number of likely N-dealkylation sites (N-methyl/N-ethyl adjacent to an activating group) is 1. The fraction of sp³-hybridized carbons (Fsp3) is 0.348. The molecule has 7 heteroatoms. The van der Waals surface area contributed by atoms with E-state index < -0.39 is 17.4 Å². The highest BCUT2D eigenvalue weighted by molar-refractivity contribution is 5.99. The highest BCUT2D eigenvalue weighted by atomic mass is 16.5. The largest absolute Gasteiger partial charge is 0.477 e. The van der Waals surface area contributed by atoms with Gasteiger partial charge in [-0.1, -0.05) is 48.9 Å². The van der Waals surface area contributed by atoms with Crippen LogP contribution in [-0.2, 0) is 24.5 Å². The van der Waals surface area contributed by atoms with Gasteiger partial charge in [0.05, 0.1) is 17.6 Å². The molecule has 1 heterocycles. The Hall–Kier alpha value is -3.35. The summed E-state index contributed by atoms with van der Waals surface area (Å²) in [4.78, 5) is 39.4. The number of benzene rings is 2. The number of nitrogens with zero attached hydrogens (tertiary/aromatic N) is 1. The van der Waals surface area contributed by atoms with Crippen molar-refractivity contribution in [2.24, 2.45) is 0 Å². The smallest absolute Gasteiger partial charge is 0.317 e. The number of esters is 1. The predicted molar refractivity (Wildman–Crippen MR) is 110 cm³/mol. The molecule has 1 fully saturated rings. The maximum absolute atomic E-state index is 13.0. The molecule has 2 aromatic rings.